The lowest BCUT2D eigenvalue weighted by molar-refractivity contribution is -0.136. The molecule has 0 spiro atoms. The molecule has 1 atom stereocenters. The lowest BCUT2D eigenvalue weighted by Crippen LogP contribution is -2.20. The molecular formula is C17H17F2N3O4S. The number of nitrogens with zero attached hydrogens (tertiary/aromatic N) is 3. The average molecular weight is 397 g/mol. The second-order valence-electron chi connectivity index (χ2n) is 5.49. The Morgan fingerprint density at radius 1 is 1.19 bits per heavy atom. The van der Waals surface area contributed by atoms with Crippen molar-refractivity contribution in [1.82, 2.24) is 14.7 Å². The zero-order valence-corrected chi connectivity index (χ0v) is 15.6. The number of hydrogen-bond acceptors (Lipinski definition) is 6. The summed E-state index contributed by atoms with van der Waals surface area (Å²) in [4.78, 5) is 13.0. The second-order valence-corrected chi connectivity index (χ2v) is 6.83. The fourth-order valence-electron chi connectivity index (χ4n) is 2.66. The first kappa shape index (κ1) is 19.0. The minimum Gasteiger partial charge on any atom is -0.492 e. The van der Waals surface area contributed by atoms with Crippen molar-refractivity contribution in [2.75, 3.05) is 14.2 Å². The highest BCUT2D eigenvalue weighted by molar-refractivity contribution is 7.84. The molecule has 0 aliphatic rings. The molecule has 0 fully saturated rings. The summed E-state index contributed by atoms with van der Waals surface area (Å²) < 4.78 is 50.0. The zero-order chi connectivity index (χ0) is 19.6. The van der Waals surface area contributed by atoms with Crippen molar-refractivity contribution in [3.63, 3.8) is 0 Å². The zero-order valence-electron chi connectivity index (χ0n) is 14.8. The predicted octanol–water partition coefficient (Wildman–Crippen LogP) is 2.72. The molecule has 7 nitrogen and oxygen atoms in total. The van der Waals surface area contributed by atoms with Gasteiger partial charge >= 0.3 is 6.61 Å². The fraction of sp³-hybridized carbons (Fsp3) is 0.294. The van der Waals surface area contributed by atoms with E-state index in [-0.39, 0.29) is 10.9 Å². The predicted molar refractivity (Wildman–Crippen MR) is 94.5 cm³/mol. The van der Waals surface area contributed by atoms with E-state index in [9.17, 15) is 13.0 Å². The highest BCUT2D eigenvalue weighted by atomic mass is 32.2. The second kappa shape index (κ2) is 7.87. The number of methoxy groups -OCH3 is 2. The standard InChI is InChI=1S/C17H17F2N3O4S/c1-10-8-20-12(15(25-3)14(10)24-2)9-27(23)17-21-11-6-4-5-7-13(11)22(17)26-16(18)19/h4-8,16H,9H2,1-3H3. The molecule has 2 heterocycles. The Labute approximate surface area is 156 Å². The van der Waals surface area contributed by atoms with Crippen molar-refractivity contribution in [2.45, 2.75) is 24.4 Å². The number of rotatable bonds is 7. The summed E-state index contributed by atoms with van der Waals surface area (Å²) in [5, 5.41) is -0.139. The molecule has 3 rings (SSSR count). The van der Waals surface area contributed by atoms with Gasteiger partial charge in [-0.2, -0.15) is 8.78 Å². The molecule has 0 aliphatic carbocycles. The number of hydrogen-bond donors (Lipinski definition) is 0. The first-order valence-electron chi connectivity index (χ1n) is 7.83. The van der Waals surface area contributed by atoms with Gasteiger partial charge in [0.2, 0.25) is 5.16 Å². The third-order valence-corrected chi connectivity index (χ3v) is 5.00. The Morgan fingerprint density at radius 3 is 2.56 bits per heavy atom. The van der Waals surface area contributed by atoms with Gasteiger partial charge in [0.15, 0.2) is 11.5 Å². The Balaban J connectivity index is 2.02. The Morgan fingerprint density at radius 2 is 1.89 bits per heavy atom. The van der Waals surface area contributed by atoms with E-state index in [0.717, 1.165) is 10.3 Å². The van der Waals surface area contributed by atoms with Gasteiger partial charge in [-0.15, -0.1) is 4.73 Å². The third-order valence-electron chi connectivity index (χ3n) is 3.80. The van der Waals surface area contributed by atoms with Crippen molar-refractivity contribution in [3.05, 3.63) is 41.7 Å². The lowest BCUT2D eigenvalue weighted by Gasteiger charge is -2.14. The molecular weight excluding hydrogens is 380 g/mol. The van der Waals surface area contributed by atoms with Crippen LogP contribution in [-0.4, -0.2) is 39.7 Å². The topological polar surface area (TPSA) is 75.5 Å². The fourth-order valence-corrected chi connectivity index (χ4v) is 3.77. The number of pyridine rings is 1. The lowest BCUT2D eigenvalue weighted by atomic mass is 10.2. The number of para-hydroxylation sites is 2. The molecule has 2 aromatic heterocycles. The first-order chi connectivity index (χ1) is 13.0. The number of ether oxygens (including phenoxy) is 2. The van der Waals surface area contributed by atoms with Gasteiger partial charge in [0.25, 0.3) is 0 Å². The molecule has 1 aromatic carbocycles. The van der Waals surface area contributed by atoms with Crippen LogP contribution in [0.1, 0.15) is 11.3 Å². The monoisotopic (exact) mass is 397 g/mol. The number of alkyl halides is 2. The van der Waals surface area contributed by atoms with Crippen molar-refractivity contribution >= 4 is 21.8 Å². The van der Waals surface area contributed by atoms with Gasteiger partial charge in [0, 0.05) is 11.8 Å². The van der Waals surface area contributed by atoms with Crippen molar-refractivity contribution < 1.29 is 27.3 Å². The molecule has 144 valence electrons. The van der Waals surface area contributed by atoms with Crippen LogP contribution >= 0.6 is 0 Å². The van der Waals surface area contributed by atoms with Gasteiger partial charge in [-0.3, -0.25) is 9.19 Å². The van der Waals surface area contributed by atoms with Gasteiger partial charge in [0.1, 0.15) is 5.52 Å². The third kappa shape index (κ3) is 3.70. The van der Waals surface area contributed by atoms with Gasteiger partial charge in [-0.1, -0.05) is 12.1 Å². The maximum Gasteiger partial charge on any atom is 0.405 e. The minimum absolute atomic E-state index is 0.115. The SMILES string of the molecule is COc1c(C)cnc(CS(=O)c2nc3ccccc3n2OC(F)F)c1OC. The molecule has 0 N–H and O–H groups in total. The molecule has 27 heavy (non-hydrogen) atoms. The first-order valence-corrected chi connectivity index (χ1v) is 9.15. The van der Waals surface area contributed by atoms with E-state index < -0.39 is 17.4 Å². The van der Waals surface area contributed by atoms with Crippen LogP contribution in [-0.2, 0) is 16.6 Å². The largest absolute Gasteiger partial charge is 0.492 e. The average Bonchev–Trinajstić information content (AvgIpc) is 3.01. The van der Waals surface area contributed by atoms with Crippen LogP contribution in [0.3, 0.4) is 0 Å². The number of aromatic nitrogens is 3. The van der Waals surface area contributed by atoms with E-state index in [1.165, 1.54) is 14.2 Å². The molecule has 3 aromatic rings. The van der Waals surface area contributed by atoms with Gasteiger partial charge in [-0.25, -0.2) is 4.98 Å². The van der Waals surface area contributed by atoms with Crippen LogP contribution in [0.4, 0.5) is 8.78 Å². The van der Waals surface area contributed by atoms with E-state index in [1.54, 1.807) is 37.4 Å². The summed E-state index contributed by atoms with van der Waals surface area (Å²) in [6.45, 7) is -1.30. The van der Waals surface area contributed by atoms with Crippen LogP contribution in [0.2, 0.25) is 0 Å². The van der Waals surface area contributed by atoms with Crippen molar-refractivity contribution in [1.29, 1.82) is 0 Å². The molecule has 1 unspecified atom stereocenters. The Kier molecular flexibility index (Phi) is 5.54. The highest BCUT2D eigenvalue weighted by Crippen LogP contribution is 2.34. The summed E-state index contributed by atoms with van der Waals surface area (Å²) in [6.07, 6.45) is 1.56. The van der Waals surface area contributed by atoms with Crippen molar-refractivity contribution in [2.24, 2.45) is 0 Å². The van der Waals surface area contributed by atoms with Crippen LogP contribution in [0.15, 0.2) is 35.6 Å². The Bertz CT molecular complexity index is 994. The molecule has 0 saturated heterocycles. The molecule has 0 amide bonds. The maximum atomic E-state index is 12.9. The number of benzene rings is 1. The van der Waals surface area contributed by atoms with Crippen LogP contribution in [0.5, 0.6) is 11.5 Å². The quantitative estimate of drug-likeness (QED) is 0.610. The van der Waals surface area contributed by atoms with Gasteiger partial charge in [0.05, 0.1) is 42.0 Å². The molecule has 10 heteroatoms. The molecule has 0 saturated carbocycles. The van der Waals surface area contributed by atoms with Crippen LogP contribution < -0.4 is 14.3 Å². The van der Waals surface area contributed by atoms with Gasteiger partial charge in [-0.05, 0) is 19.1 Å². The van der Waals surface area contributed by atoms with Crippen LogP contribution in [0.25, 0.3) is 11.0 Å². The minimum atomic E-state index is -3.09. The van der Waals surface area contributed by atoms with E-state index in [4.69, 9.17) is 9.47 Å². The normalized spacial score (nSPS) is 12.4. The van der Waals surface area contributed by atoms with Crippen LogP contribution in [0, 0.1) is 6.92 Å². The summed E-state index contributed by atoms with van der Waals surface area (Å²) in [5.41, 5.74) is 1.79. The summed E-state index contributed by atoms with van der Waals surface area (Å²) in [7, 11) is 1.10. The summed E-state index contributed by atoms with van der Waals surface area (Å²) >= 11 is 0. The van der Waals surface area contributed by atoms with E-state index in [1.807, 2.05) is 0 Å². The maximum absolute atomic E-state index is 12.9. The van der Waals surface area contributed by atoms with Gasteiger partial charge < -0.3 is 14.3 Å². The number of halogens is 2. The van der Waals surface area contributed by atoms with E-state index >= 15 is 0 Å². The summed E-state index contributed by atoms with van der Waals surface area (Å²) in [6, 6.07) is 6.52. The highest BCUT2D eigenvalue weighted by Gasteiger charge is 2.23. The molecule has 0 aliphatic heterocycles. The Hall–Kier alpha value is -2.75. The number of fused-ring (bicyclic) bond motifs is 1. The smallest absolute Gasteiger partial charge is 0.405 e. The number of aryl methyl sites for hydroxylation is 1. The number of imidazole rings is 1. The molecule has 0 radical (unpaired) electrons. The molecule has 0 bridgehead atoms. The van der Waals surface area contributed by atoms with Crippen molar-refractivity contribution in [3.8, 4) is 11.5 Å². The van der Waals surface area contributed by atoms with E-state index in [2.05, 4.69) is 14.8 Å². The summed E-state index contributed by atoms with van der Waals surface area (Å²) in [5.74, 6) is 0.690. The van der Waals surface area contributed by atoms with E-state index in [0.29, 0.717) is 28.2 Å².